The average molecular weight is 254 g/mol. The highest BCUT2D eigenvalue weighted by Crippen LogP contribution is 2.33. The molecule has 1 aliphatic heterocycles. The number of piperazine rings is 1. The SMILES string of the molecule is CCC1C(=O)NCC(=O)N1C(C)(C)CC(C)(C)C. The highest BCUT2D eigenvalue weighted by molar-refractivity contribution is 5.95. The molecule has 1 unspecified atom stereocenters. The summed E-state index contributed by atoms with van der Waals surface area (Å²) in [5, 5.41) is 2.67. The van der Waals surface area contributed by atoms with E-state index in [0.29, 0.717) is 6.42 Å². The standard InChI is InChI=1S/C14H26N2O2/c1-7-10-12(18)15-8-11(17)16(10)14(5,6)9-13(2,3)4/h10H,7-9H2,1-6H3,(H,15,18). The third-order valence-electron chi connectivity index (χ3n) is 3.30. The normalized spacial score (nSPS) is 22.1. The van der Waals surface area contributed by atoms with Crippen molar-refractivity contribution in [3.63, 3.8) is 0 Å². The Labute approximate surface area is 110 Å². The van der Waals surface area contributed by atoms with Crippen LogP contribution in [0.15, 0.2) is 0 Å². The van der Waals surface area contributed by atoms with E-state index in [2.05, 4.69) is 39.9 Å². The molecular formula is C14H26N2O2. The van der Waals surface area contributed by atoms with E-state index in [1.807, 2.05) is 6.92 Å². The van der Waals surface area contributed by atoms with E-state index in [9.17, 15) is 9.59 Å². The summed E-state index contributed by atoms with van der Waals surface area (Å²) in [5.41, 5.74) is -0.177. The summed E-state index contributed by atoms with van der Waals surface area (Å²) < 4.78 is 0. The van der Waals surface area contributed by atoms with Gasteiger partial charge in [0.25, 0.3) is 0 Å². The number of amides is 2. The van der Waals surface area contributed by atoms with Crippen molar-refractivity contribution in [1.82, 2.24) is 10.2 Å². The Hall–Kier alpha value is -1.06. The first-order valence-electron chi connectivity index (χ1n) is 6.68. The molecule has 0 radical (unpaired) electrons. The predicted molar refractivity (Wildman–Crippen MR) is 72.1 cm³/mol. The molecule has 104 valence electrons. The van der Waals surface area contributed by atoms with E-state index in [1.54, 1.807) is 4.90 Å². The molecule has 4 nitrogen and oxygen atoms in total. The maximum Gasteiger partial charge on any atom is 0.243 e. The van der Waals surface area contributed by atoms with Crippen molar-refractivity contribution < 1.29 is 9.59 Å². The average Bonchev–Trinajstić information content (AvgIpc) is 2.17. The van der Waals surface area contributed by atoms with Crippen LogP contribution in [0.1, 0.15) is 54.4 Å². The lowest BCUT2D eigenvalue weighted by molar-refractivity contribution is -0.153. The molecule has 4 heteroatoms. The van der Waals surface area contributed by atoms with Crippen LogP contribution >= 0.6 is 0 Å². The smallest absolute Gasteiger partial charge is 0.243 e. The summed E-state index contributed by atoms with van der Waals surface area (Å²) in [6.07, 6.45) is 1.53. The zero-order chi connectivity index (χ0) is 14.1. The van der Waals surface area contributed by atoms with Gasteiger partial charge in [-0.3, -0.25) is 9.59 Å². The molecule has 0 aromatic rings. The highest BCUT2D eigenvalue weighted by atomic mass is 16.2. The van der Waals surface area contributed by atoms with Crippen molar-refractivity contribution in [2.45, 2.75) is 66.0 Å². The van der Waals surface area contributed by atoms with Crippen LogP contribution in [0.5, 0.6) is 0 Å². The zero-order valence-corrected chi connectivity index (χ0v) is 12.5. The lowest BCUT2D eigenvalue weighted by Gasteiger charge is -2.47. The Kier molecular flexibility index (Phi) is 4.08. The number of nitrogens with zero attached hydrogens (tertiary/aromatic N) is 1. The molecule has 0 bridgehead atoms. The molecule has 0 spiro atoms. The van der Waals surface area contributed by atoms with Crippen LogP contribution in [0, 0.1) is 5.41 Å². The van der Waals surface area contributed by atoms with E-state index in [0.717, 1.165) is 6.42 Å². The molecule has 18 heavy (non-hydrogen) atoms. The summed E-state index contributed by atoms with van der Waals surface area (Å²) in [4.78, 5) is 25.8. The van der Waals surface area contributed by atoms with Gasteiger partial charge in [0, 0.05) is 5.54 Å². The molecule has 0 aromatic heterocycles. The highest BCUT2D eigenvalue weighted by Gasteiger charge is 2.43. The fourth-order valence-corrected chi connectivity index (χ4v) is 3.17. The summed E-state index contributed by atoms with van der Waals surface area (Å²) in [6, 6.07) is -0.330. The van der Waals surface area contributed by atoms with E-state index in [-0.39, 0.29) is 35.4 Å². The quantitative estimate of drug-likeness (QED) is 0.836. The van der Waals surface area contributed by atoms with Crippen LogP contribution in [-0.2, 0) is 9.59 Å². The van der Waals surface area contributed by atoms with Crippen molar-refractivity contribution in [2.75, 3.05) is 6.54 Å². The number of carbonyl (C=O) groups is 2. The second kappa shape index (κ2) is 4.90. The second-order valence-electron chi connectivity index (χ2n) is 6.96. The van der Waals surface area contributed by atoms with Gasteiger partial charge in [-0.1, -0.05) is 27.7 Å². The van der Waals surface area contributed by atoms with E-state index < -0.39 is 0 Å². The Morgan fingerprint density at radius 2 is 1.78 bits per heavy atom. The summed E-state index contributed by atoms with van der Waals surface area (Å²) in [7, 11) is 0. The summed E-state index contributed by atoms with van der Waals surface area (Å²) in [6.45, 7) is 12.7. The largest absolute Gasteiger partial charge is 0.345 e. The Morgan fingerprint density at radius 3 is 2.22 bits per heavy atom. The summed E-state index contributed by atoms with van der Waals surface area (Å²) >= 11 is 0. The van der Waals surface area contributed by atoms with Gasteiger partial charge in [-0.25, -0.2) is 0 Å². The van der Waals surface area contributed by atoms with Crippen LogP contribution in [0.4, 0.5) is 0 Å². The first-order valence-corrected chi connectivity index (χ1v) is 6.68. The van der Waals surface area contributed by atoms with E-state index >= 15 is 0 Å². The maximum absolute atomic E-state index is 12.2. The molecule has 1 N–H and O–H groups in total. The van der Waals surface area contributed by atoms with Crippen molar-refractivity contribution >= 4 is 11.8 Å². The number of hydrogen-bond donors (Lipinski definition) is 1. The van der Waals surface area contributed by atoms with Crippen LogP contribution in [0.2, 0.25) is 0 Å². The predicted octanol–water partition coefficient (Wildman–Crippen LogP) is 1.94. The van der Waals surface area contributed by atoms with Crippen molar-refractivity contribution in [3.05, 3.63) is 0 Å². The number of nitrogens with one attached hydrogen (secondary N) is 1. The molecule has 0 aliphatic carbocycles. The Bertz CT molecular complexity index is 342. The van der Waals surface area contributed by atoms with Gasteiger partial charge < -0.3 is 10.2 Å². The van der Waals surface area contributed by atoms with Crippen molar-refractivity contribution in [3.8, 4) is 0 Å². The number of carbonyl (C=O) groups excluding carboxylic acids is 2. The molecule has 0 saturated carbocycles. The fourth-order valence-electron chi connectivity index (χ4n) is 3.17. The molecule has 1 rings (SSSR count). The first kappa shape index (κ1) is 15.0. The Morgan fingerprint density at radius 1 is 1.22 bits per heavy atom. The van der Waals surface area contributed by atoms with Gasteiger partial charge in [-0.2, -0.15) is 0 Å². The Balaban J connectivity index is 3.01. The van der Waals surface area contributed by atoms with E-state index in [4.69, 9.17) is 0 Å². The van der Waals surface area contributed by atoms with Gasteiger partial charge in [0.15, 0.2) is 0 Å². The van der Waals surface area contributed by atoms with Crippen LogP contribution in [-0.4, -0.2) is 34.8 Å². The second-order valence-corrected chi connectivity index (χ2v) is 6.96. The number of hydrogen-bond acceptors (Lipinski definition) is 2. The van der Waals surface area contributed by atoms with Crippen molar-refractivity contribution in [2.24, 2.45) is 5.41 Å². The topological polar surface area (TPSA) is 49.4 Å². The fraction of sp³-hybridized carbons (Fsp3) is 0.857. The zero-order valence-electron chi connectivity index (χ0n) is 12.5. The lowest BCUT2D eigenvalue weighted by Crippen LogP contribution is -2.65. The monoisotopic (exact) mass is 254 g/mol. The van der Waals surface area contributed by atoms with Gasteiger partial charge in [0.05, 0.1) is 6.54 Å². The van der Waals surface area contributed by atoms with E-state index in [1.165, 1.54) is 0 Å². The van der Waals surface area contributed by atoms with Crippen LogP contribution in [0.25, 0.3) is 0 Å². The van der Waals surface area contributed by atoms with Gasteiger partial charge in [0.1, 0.15) is 6.04 Å². The molecule has 0 aromatic carbocycles. The first-order chi connectivity index (χ1) is 8.08. The minimum Gasteiger partial charge on any atom is -0.345 e. The molecular weight excluding hydrogens is 228 g/mol. The minimum atomic E-state index is -0.330. The summed E-state index contributed by atoms with van der Waals surface area (Å²) in [5.74, 6) is -0.00483. The molecule has 2 amide bonds. The molecule has 1 aliphatic rings. The van der Waals surface area contributed by atoms with Gasteiger partial charge >= 0.3 is 0 Å². The molecule has 1 saturated heterocycles. The van der Waals surface area contributed by atoms with Crippen molar-refractivity contribution in [1.29, 1.82) is 0 Å². The minimum absolute atomic E-state index is 0.0238. The van der Waals surface area contributed by atoms with Crippen LogP contribution < -0.4 is 5.32 Å². The molecule has 1 atom stereocenters. The number of rotatable bonds is 3. The lowest BCUT2D eigenvalue weighted by atomic mass is 9.79. The third-order valence-corrected chi connectivity index (χ3v) is 3.30. The van der Waals surface area contributed by atoms with Gasteiger partial charge in [-0.05, 0) is 32.1 Å². The molecule has 1 heterocycles. The van der Waals surface area contributed by atoms with Gasteiger partial charge in [-0.15, -0.1) is 0 Å². The van der Waals surface area contributed by atoms with Gasteiger partial charge in [0.2, 0.25) is 11.8 Å². The third kappa shape index (κ3) is 3.24. The molecule has 1 fully saturated rings. The van der Waals surface area contributed by atoms with Crippen LogP contribution in [0.3, 0.4) is 0 Å². The maximum atomic E-state index is 12.2.